The lowest BCUT2D eigenvalue weighted by Gasteiger charge is -2.33. The van der Waals surface area contributed by atoms with Gasteiger partial charge < -0.3 is 5.73 Å². The van der Waals surface area contributed by atoms with E-state index in [1.165, 1.54) is 16.2 Å². The minimum absolute atomic E-state index is 0.279. The van der Waals surface area contributed by atoms with Crippen LogP contribution in [0.25, 0.3) is 0 Å². The molecule has 7 heteroatoms. The van der Waals surface area contributed by atoms with E-state index in [1.807, 2.05) is 0 Å². The molecule has 0 aromatic carbocycles. The van der Waals surface area contributed by atoms with E-state index < -0.39 is 24.8 Å². The molecule has 0 spiro atoms. The maximum Gasteiger partial charge on any atom is 0.401 e. The van der Waals surface area contributed by atoms with Crippen molar-refractivity contribution in [3.05, 3.63) is 21.3 Å². The Kier molecular flexibility index (Phi) is 5.46. The summed E-state index contributed by atoms with van der Waals surface area (Å²) in [5.74, 6) is 0. The van der Waals surface area contributed by atoms with Gasteiger partial charge in [0.05, 0.1) is 16.9 Å². The highest BCUT2D eigenvalue weighted by Crippen LogP contribution is 2.33. The van der Waals surface area contributed by atoms with Crippen molar-refractivity contribution in [3.63, 3.8) is 0 Å². The van der Waals surface area contributed by atoms with Crippen LogP contribution >= 0.6 is 22.9 Å². The van der Waals surface area contributed by atoms with Gasteiger partial charge in [-0.2, -0.15) is 13.2 Å². The largest absolute Gasteiger partial charge is 0.401 e. The quantitative estimate of drug-likeness (QED) is 0.899. The fourth-order valence-corrected chi connectivity index (χ4v) is 3.21. The summed E-state index contributed by atoms with van der Waals surface area (Å²) in [5.41, 5.74) is 5.83. The minimum Gasteiger partial charge on any atom is -0.326 e. The second-order valence-electron chi connectivity index (χ2n) is 4.12. The summed E-state index contributed by atoms with van der Waals surface area (Å²) in [5, 5.41) is 0. The molecule has 0 radical (unpaired) electrons. The van der Waals surface area contributed by atoms with Gasteiger partial charge in [-0.3, -0.25) is 4.90 Å². The van der Waals surface area contributed by atoms with Gasteiger partial charge in [-0.25, -0.2) is 0 Å². The first kappa shape index (κ1) is 15.8. The first-order chi connectivity index (χ1) is 8.24. The van der Waals surface area contributed by atoms with Gasteiger partial charge >= 0.3 is 6.18 Å². The van der Waals surface area contributed by atoms with E-state index in [1.54, 1.807) is 26.0 Å². The predicted octanol–water partition coefficient (Wildman–Crippen LogP) is 3.67. The van der Waals surface area contributed by atoms with Gasteiger partial charge in [0, 0.05) is 10.9 Å². The molecule has 0 saturated heterocycles. The van der Waals surface area contributed by atoms with E-state index in [2.05, 4.69) is 0 Å². The van der Waals surface area contributed by atoms with Crippen molar-refractivity contribution < 1.29 is 13.2 Å². The van der Waals surface area contributed by atoms with E-state index >= 15 is 0 Å². The molecule has 18 heavy (non-hydrogen) atoms. The number of nitrogens with zero attached hydrogens (tertiary/aromatic N) is 1. The third-order valence-electron chi connectivity index (χ3n) is 2.57. The third-order valence-corrected chi connectivity index (χ3v) is 3.87. The highest BCUT2D eigenvalue weighted by molar-refractivity contribution is 7.16. The van der Waals surface area contributed by atoms with E-state index in [0.717, 1.165) is 4.88 Å². The minimum atomic E-state index is -4.23. The van der Waals surface area contributed by atoms with Crippen molar-refractivity contribution in [1.29, 1.82) is 0 Å². The molecule has 0 aliphatic heterocycles. The summed E-state index contributed by atoms with van der Waals surface area (Å²) >= 11 is 7.10. The van der Waals surface area contributed by atoms with Crippen LogP contribution in [0.3, 0.4) is 0 Å². The Morgan fingerprint density at radius 1 is 1.44 bits per heavy atom. The maximum atomic E-state index is 12.5. The van der Waals surface area contributed by atoms with Crippen LogP contribution in [0.1, 0.15) is 24.8 Å². The van der Waals surface area contributed by atoms with Crippen LogP contribution < -0.4 is 5.73 Å². The lowest BCUT2D eigenvalue weighted by Crippen LogP contribution is -2.43. The molecule has 2 atom stereocenters. The van der Waals surface area contributed by atoms with Crippen LogP contribution in [0, 0.1) is 0 Å². The van der Waals surface area contributed by atoms with Crippen molar-refractivity contribution >= 4 is 22.9 Å². The lowest BCUT2D eigenvalue weighted by atomic mass is 10.1. The highest BCUT2D eigenvalue weighted by Gasteiger charge is 2.35. The Hall–Kier alpha value is -0.300. The Bertz CT molecular complexity index is 379. The molecular weight excluding hydrogens is 285 g/mol. The number of likely N-dealkylation sites (N-methyl/N-ethyl adjacent to an activating group) is 1. The van der Waals surface area contributed by atoms with E-state index in [9.17, 15) is 13.2 Å². The second kappa shape index (κ2) is 6.23. The molecule has 0 bridgehead atoms. The summed E-state index contributed by atoms with van der Waals surface area (Å²) < 4.78 is 38.2. The highest BCUT2D eigenvalue weighted by atomic mass is 35.5. The van der Waals surface area contributed by atoms with Crippen LogP contribution in [0.5, 0.6) is 0 Å². The predicted molar refractivity (Wildman–Crippen MR) is 69.0 cm³/mol. The Morgan fingerprint density at radius 2 is 2.06 bits per heavy atom. The van der Waals surface area contributed by atoms with Crippen molar-refractivity contribution in [3.8, 4) is 0 Å². The molecule has 0 aliphatic carbocycles. The number of alkyl halides is 3. The molecule has 0 amide bonds. The van der Waals surface area contributed by atoms with Crippen molar-refractivity contribution in [2.45, 2.75) is 32.1 Å². The monoisotopic (exact) mass is 300 g/mol. The summed E-state index contributed by atoms with van der Waals surface area (Å²) in [6.07, 6.45) is -4.23. The number of hydrogen-bond donors (Lipinski definition) is 1. The van der Waals surface area contributed by atoms with E-state index in [4.69, 9.17) is 17.3 Å². The maximum absolute atomic E-state index is 12.5. The number of halogens is 4. The zero-order valence-electron chi connectivity index (χ0n) is 10.2. The average molecular weight is 301 g/mol. The molecule has 1 aromatic heterocycles. The van der Waals surface area contributed by atoms with Crippen LogP contribution in [0.4, 0.5) is 13.2 Å². The number of thiophene rings is 1. The first-order valence-corrected chi connectivity index (χ1v) is 6.75. The second-order valence-corrected chi connectivity index (χ2v) is 5.87. The molecule has 2 nitrogen and oxygen atoms in total. The molecule has 0 fully saturated rings. The molecule has 2 N–H and O–H groups in total. The zero-order chi connectivity index (χ0) is 13.9. The van der Waals surface area contributed by atoms with Crippen molar-refractivity contribution in [2.24, 2.45) is 5.73 Å². The number of rotatable bonds is 5. The van der Waals surface area contributed by atoms with Crippen molar-refractivity contribution in [1.82, 2.24) is 4.90 Å². The Morgan fingerprint density at radius 3 is 2.39 bits per heavy atom. The van der Waals surface area contributed by atoms with Gasteiger partial charge in [-0.1, -0.05) is 18.5 Å². The standard InChI is InChI=1S/C11H16ClF3N2S/c1-3-17(6-11(13,14)15)10(7(2)16)8-4-5-9(12)18-8/h4-5,7,10H,3,6,16H2,1-2H3. The fraction of sp³-hybridized carbons (Fsp3) is 0.636. The number of hydrogen-bond acceptors (Lipinski definition) is 3. The fourth-order valence-electron chi connectivity index (χ4n) is 1.90. The van der Waals surface area contributed by atoms with Crippen LogP contribution in [0.15, 0.2) is 12.1 Å². The molecular formula is C11H16ClF3N2S. The molecule has 1 rings (SSSR count). The van der Waals surface area contributed by atoms with Gasteiger partial charge in [-0.05, 0) is 25.6 Å². The zero-order valence-corrected chi connectivity index (χ0v) is 11.7. The van der Waals surface area contributed by atoms with Crippen molar-refractivity contribution in [2.75, 3.05) is 13.1 Å². The van der Waals surface area contributed by atoms with E-state index in [-0.39, 0.29) is 6.54 Å². The van der Waals surface area contributed by atoms with Gasteiger partial charge in [0.15, 0.2) is 0 Å². The molecule has 104 valence electrons. The topological polar surface area (TPSA) is 29.3 Å². The van der Waals surface area contributed by atoms with Crippen LogP contribution in [0.2, 0.25) is 4.34 Å². The van der Waals surface area contributed by atoms with Crippen LogP contribution in [-0.4, -0.2) is 30.2 Å². The SMILES string of the molecule is CCN(CC(F)(F)F)C(c1ccc(Cl)s1)C(C)N. The normalized spacial score (nSPS) is 16.0. The molecule has 0 saturated carbocycles. The molecule has 2 unspecified atom stereocenters. The molecule has 0 aliphatic rings. The lowest BCUT2D eigenvalue weighted by molar-refractivity contribution is -0.151. The number of nitrogens with two attached hydrogens (primary N) is 1. The Labute approximate surface area is 114 Å². The summed E-state index contributed by atoms with van der Waals surface area (Å²) in [4.78, 5) is 2.09. The van der Waals surface area contributed by atoms with Gasteiger partial charge in [-0.15, -0.1) is 11.3 Å². The average Bonchev–Trinajstić information content (AvgIpc) is 2.61. The van der Waals surface area contributed by atoms with Gasteiger partial charge in [0.1, 0.15) is 0 Å². The van der Waals surface area contributed by atoms with Gasteiger partial charge in [0.2, 0.25) is 0 Å². The van der Waals surface area contributed by atoms with E-state index in [0.29, 0.717) is 4.34 Å². The van der Waals surface area contributed by atoms with Gasteiger partial charge in [0.25, 0.3) is 0 Å². The third kappa shape index (κ3) is 4.42. The summed E-state index contributed by atoms with van der Waals surface area (Å²) in [7, 11) is 0. The Balaban J connectivity index is 2.96. The first-order valence-electron chi connectivity index (χ1n) is 5.56. The summed E-state index contributed by atoms with van der Waals surface area (Å²) in [6, 6.07) is 2.55. The molecule has 1 heterocycles. The summed E-state index contributed by atoms with van der Waals surface area (Å²) in [6.45, 7) is 2.71. The smallest absolute Gasteiger partial charge is 0.326 e. The van der Waals surface area contributed by atoms with Crippen LogP contribution in [-0.2, 0) is 0 Å². The molecule has 1 aromatic rings.